The summed E-state index contributed by atoms with van der Waals surface area (Å²) in [4.78, 5) is 12.5. The van der Waals surface area contributed by atoms with Crippen LogP contribution in [-0.2, 0) is 24.4 Å². The first kappa shape index (κ1) is 18.0. The Hall–Kier alpha value is -2.41. The Balaban J connectivity index is 1.44. The summed E-state index contributed by atoms with van der Waals surface area (Å²) in [6.07, 6.45) is -0.154. The number of benzene rings is 2. The van der Waals surface area contributed by atoms with E-state index in [2.05, 4.69) is 15.6 Å². The lowest BCUT2D eigenvalue weighted by Crippen LogP contribution is -2.27. The molecule has 1 amide bonds. The number of halogens is 2. The average molecular weight is 403 g/mol. The summed E-state index contributed by atoms with van der Waals surface area (Å²) >= 11 is 11.9. The summed E-state index contributed by atoms with van der Waals surface area (Å²) in [7, 11) is 0. The van der Waals surface area contributed by atoms with E-state index in [9.17, 15) is 4.79 Å². The van der Waals surface area contributed by atoms with Gasteiger partial charge in [0.1, 0.15) is 6.10 Å². The van der Waals surface area contributed by atoms with Gasteiger partial charge in [0, 0.05) is 16.6 Å². The summed E-state index contributed by atoms with van der Waals surface area (Å²) in [5.41, 5.74) is 2.87. The van der Waals surface area contributed by atoms with Crippen molar-refractivity contribution in [3.63, 3.8) is 0 Å². The van der Waals surface area contributed by atoms with Crippen LogP contribution in [0.5, 0.6) is 0 Å². The molecule has 1 aliphatic heterocycles. The van der Waals surface area contributed by atoms with Gasteiger partial charge in [-0.3, -0.25) is 4.79 Å². The molecule has 8 heteroatoms. The first-order chi connectivity index (χ1) is 13.1. The van der Waals surface area contributed by atoms with Crippen molar-refractivity contribution < 1.29 is 9.53 Å². The number of fused-ring (bicyclic) bond motifs is 1. The van der Waals surface area contributed by atoms with Crippen LogP contribution in [0.4, 0.5) is 0 Å². The molecule has 0 spiro atoms. The number of nitrogens with zero attached hydrogens (tertiary/aromatic N) is 3. The SMILES string of the molecule is O=C(NCc1cccc(Cl)c1)c1nnn2c1COC(c1ccc(Cl)cc1)C2. The highest BCUT2D eigenvalue weighted by atomic mass is 35.5. The molecule has 1 atom stereocenters. The molecule has 2 aromatic carbocycles. The van der Waals surface area contributed by atoms with E-state index in [1.165, 1.54) is 0 Å². The minimum Gasteiger partial charge on any atom is -0.365 e. The zero-order chi connectivity index (χ0) is 18.8. The summed E-state index contributed by atoms with van der Waals surface area (Å²) in [5, 5.41) is 12.3. The molecule has 0 aliphatic carbocycles. The van der Waals surface area contributed by atoms with Crippen molar-refractivity contribution in [1.82, 2.24) is 20.3 Å². The molecule has 138 valence electrons. The number of hydrogen-bond donors (Lipinski definition) is 1. The van der Waals surface area contributed by atoms with Gasteiger partial charge in [-0.1, -0.05) is 52.7 Å². The monoisotopic (exact) mass is 402 g/mol. The minimum atomic E-state index is -0.287. The second kappa shape index (κ2) is 7.68. The Morgan fingerprint density at radius 2 is 2.00 bits per heavy atom. The van der Waals surface area contributed by atoms with Gasteiger partial charge in [0.2, 0.25) is 0 Å². The van der Waals surface area contributed by atoms with Gasteiger partial charge < -0.3 is 10.1 Å². The number of carbonyl (C=O) groups excluding carboxylic acids is 1. The summed E-state index contributed by atoms with van der Waals surface area (Å²) in [6, 6.07) is 14.8. The third-order valence-corrected chi connectivity index (χ3v) is 4.88. The molecule has 1 aliphatic rings. The molecule has 0 fully saturated rings. The summed E-state index contributed by atoms with van der Waals surface area (Å²) in [5.74, 6) is -0.287. The van der Waals surface area contributed by atoms with Crippen molar-refractivity contribution in [1.29, 1.82) is 0 Å². The van der Waals surface area contributed by atoms with Crippen LogP contribution in [0.25, 0.3) is 0 Å². The number of amides is 1. The molecule has 4 rings (SSSR count). The smallest absolute Gasteiger partial charge is 0.274 e. The first-order valence-corrected chi connectivity index (χ1v) is 9.18. The van der Waals surface area contributed by atoms with E-state index in [4.69, 9.17) is 27.9 Å². The molecule has 6 nitrogen and oxygen atoms in total. The lowest BCUT2D eigenvalue weighted by atomic mass is 10.1. The van der Waals surface area contributed by atoms with Crippen LogP contribution in [0.15, 0.2) is 48.5 Å². The number of carbonyl (C=O) groups is 1. The number of rotatable bonds is 4. The third kappa shape index (κ3) is 3.98. The van der Waals surface area contributed by atoms with Crippen molar-refractivity contribution >= 4 is 29.1 Å². The van der Waals surface area contributed by atoms with E-state index >= 15 is 0 Å². The van der Waals surface area contributed by atoms with Crippen LogP contribution >= 0.6 is 23.2 Å². The topological polar surface area (TPSA) is 69.0 Å². The Kier molecular flexibility index (Phi) is 5.11. The Morgan fingerprint density at radius 3 is 2.78 bits per heavy atom. The van der Waals surface area contributed by atoms with Crippen molar-refractivity contribution in [2.75, 3.05) is 0 Å². The third-order valence-electron chi connectivity index (χ3n) is 4.40. The van der Waals surface area contributed by atoms with E-state index in [1.807, 2.05) is 42.5 Å². The molecule has 0 bridgehead atoms. The van der Waals surface area contributed by atoms with Gasteiger partial charge in [0.25, 0.3) is 5.91 Å². The van der Waals surface area contributed by atoms with Crippen molar-refractivity contribution in [3.05, 3.63) is 81.1 Å². The molecular weight excluding hydrogens is 387 g/mol. The fourth-order valence-corrected chi connectivity index (χ4v) is 3.32. The summed E-state index contributed by atoms with van der Waals surface area (Å²) in [6.45, 7) is 1.12. The molecule has 1 aromatic heterocycles. The zero-order valence-electron chi connectivity index (χ0n) is 14.2. The maximum atomic E-state index is 12.5. The maximum absolute atomic E-state index is 12.5. The van der Waals surface area contributed by atoms with Gasteiger partial charge in [0.05, 0.1) is 18.8 Å². The van der Waals surface area contributed by atoms with Crippen LogP contribution < -0.4 is 5.32 Å². The van der Waals surface area contributed by atoms with E-state index < -0.39 is 0 Å². The Bertz CT molecular complexity index is 972. The normalized spacial score (nSPS) is 16.0. The highest BCUT2D eigenvalue weighted by Gasteiger charge is 2.27. The number of nitrogens with one attached hydrogen (secondary N) is 1. The van der Waals surface area contributed by atoms with Crippen LogP contribution in [-0.4, -0.2) is 20.9 Å². The largest absolute Gasteiger partial charge is 0.365 e. The van der Waals surface area contributed by atoms with Crippen LogP contribution in [0.1, 0.15) is 33.4 Å². The van der Waals surface area contributed by atoms with Crippen LogP contribution in [0.2, 0.25) is 10.0 Å². The lowest BCUT2D eigenvalue weighted by Gasteiger charge is -2.24. The Morgan fingerprint density at radius 1 is 1.19 bits per heavy atom. The van der Waals surface area contributed by atoms with Gasteiger partial charge in [-0.25, -0.2) is 4.68 Å². The predicted octanol–water partition coefficient (Wildman–Crippen LogP) is 3.79. The zero-order valence-corrected chi connectivity index (χ0v) is 15.7. The number of hydrogen-bond acceptors (Lipinski definition) is 4. The standard InChI is InChI=1S/C19H16Cl2N4O2/c20-14-6-4-13(5-7-14)17-10-25-16(11-27-17)18(23-24-25)19(26)22-9-12-2-1-3-15(21)8-12/h1-8,17H,9-11H2,(H,22,26). The maximum Gasteiger partial charge on any atom is 0.274 e. The number of aromatic nitrogens is 3. The highest BCUT2D eigenvalue weighted by molar-refractivity contribution is 6.30. The summed E-state index contributed by atoms with van der Waals surface area (Å²) < 4.78 is 7.64. The van der Waals surface area contributed by atoms with E-state index in [1.54, 1.807) is 10.7 Å². The van der Waals surface area contributed by atoms with E-state index in [0.29, 0.717) is 28.8 Å². The Labute approximate surface area is 166 Å². The van der Waals surface area contributed by atoms with E-state index in [-0.39, 0.29) is 24.3 Å². The molecule has 2 heterocycles. The van der Waals surface area contributed by atoms with Gasteiger partial charge in [-0.2, -0.15) is 0 Å². The average Bonchev–Trinajstić information content (AvgIpc) is 3.10. The fraction of sp³-hybridized carbons (Fsp3) is 0.211. The first-order valence-electron chi connectivity index (χ1n) is 8.42. The predicted molar refractivity (Wildman–Crippen MR) is 102 cm³/mol. The molecule has 0 radical (unpaired) electrons. The second-order valence-corrected chi connectivity index (χ2v) is 7.10. The molecule has 1 N–H and O–H groups in total. The van der Waals surface area contributed by atoms with Crippen LogP contribution in [0, 0.1) is 0 Å². The molecular formula is C19H16Cl2N4O2. The highest BCUT2D eigenvalue weighted by Crippen LogP contribution is 2.27. The van der Waals surface area contributed by atoms with Gasteiger partial charge >= 0.3 is 0 Å². The van der Waals surface area contributed by atoms with Gasteiger partial charge in [0.15, 0.2) is 5.69 Å². The van der Waals surface area contributed by atoms with E-state index in [0.717, 1.165) is 11.1 Å². The van der Waals surface area contributed by atoms with Gasteiger partial charge in [-0.05, 0) is 35.4 Å². The molecule has 0 saturated carbocycles. The minimum absolute atomic E-state index is 0.154. The fourth-order valence-electron chi connectivity index (χ4n) is 2.98. The van der Waals surface area contributed by atoms with Crippen LogP contribution in [0.3, 0.4) is 0 Å². The second-order valence-electron chi connectivity index (χ2n) is 6.23. The van der Waals surface area contributed by atoms with Gasteiger partial charge in [-0.15, -0.1) is 5.10 Å². The number of ether oxygens (including phenoxy) is 1. The van der Waals surface area contributed by atoms with Crippen molar-refractivity contribution in [3.8, 4) is 0 Å². The lowest BCUT2D eigenvalue weighted by molar-refractivity contribution is -0.00176. The molecule has 0 saturated heterocycles. The molecule has 27 heavy (non-hydrogen) atoms. The molecule has 1 unspecified atom stereocenters. The van der Waals surface area contributed by atoms with Crippen molar-refractivity contribution in [2.24, 2.45) is 0 Å². The molecule has 3 aromatic rings. The van der Waals surface area contributed by atoms with Crippen molar-refractivity contribution in [2.45, 2.75) is 25.8 Å². The quantitative estimate of drug-likeness (QED) is 0.720.